The van der Waals surface area contributed by atoms with E-state index in [9.17, 15) is 19.2 Å². The van der Waals surface area contributed by atoms with Gasteiger partial charge in [-0.25, -0.2) is 9.59 Å². The van der Waals surface area contributed by atoms with Crippen LogP contribution in [0.25, 0.3) is 0 Å². The fraction of sp³-hybridized carbons (Fsp3) is 0.200. The van der Waals surface area contributed by atoms with E-state index in [1.807, 2.05) is 0 Å². The summed E-state index contributed by atoms with van der Waals surface area (Å²) in [4.78, 5) is 40.1. The smallest absolute Gasteiger partial charge is 0.481 e. The van der Waals surface area contributed by atoms with Crippen molar-refractivity contribution in [2.75, 3.05) is 0 Å². The molecule has 0 unspecified atom stereocenters. The Morgan fingerprint density at radius 1 is 1.00 bits per heavy atom. The van der Waals surface area contributed by atoms with E-state index in [0.717, 1.165) is 0 Å². The Kier molecular flexibility index (Phi) is 3.93. The van der Waals surface area contributed by atoms with Crippen LogP contribution in [0.2, 0.25) is 0 Å². The van der Waals surface area contributed by atoms with Crippen LogP contribution in [-0.4, -0.2) is 34.5 Å². The number of rotatable bonds is 2. The number of carbonyl (C=O) groups excluding carboxylic acids is 2. The highest BCUT2D eigenvalue weighted by Crippen LogP contribution is 1.91. The van der Waals surface area contributed by atoms with Crippen LogP contribution < -0.4 is 0 Å². The topological polar surface area (TPSA) is 127 Å². The summed E-state index contributed by atoms with van der Waals surface area (Å²) in [7, 11) is 0. The maximum atomic E-state index is 10.3. The van der Waals surface area contributed by atoms with Crippen molar-refractivity contribution in [2.24, 2.45) is 0 Å². The Morgan fingerprint density at radius 2 is 1.54 bits per heavy atom. The summed E-state index contributed by atoms with van der Waals surface area (Å²) >= 11 is 0. The van der Waals surface area contributed by atoms with Crippen molar-refractivity contribution in [1.82, 2.24) is 0 Å². The second kappa shape index (κ2) is 4.70. The largest absolute Gasteiger partial charge is 0.526 e. The highest BCUT2D eigenvalue weighted by molar-refractivity contribution is 5.95. The Balaban J connectivity index is 3.85. The van der Waals surface area contributed by atoms with Gasteiger partial charge in [-0.2, -0.15) is 0 Å². The molecule has 8 heteroatoms. The molecule has 0 fully saturated rings. The fourth-order valence-corrected chi connectivity index (χ4v) is 0.345. The van der Waals surface area contributed by atoms with Gasteiger partial charge in [0, 0.05) is 0 Å². The lowest BCUT2D eigenvalue weighted by Crippen LogP contribution is -2.18. The molecule has 0 aliphatic rings. The van der Waals surface area contributed by atoms with E-state index in [1.54, 1.807) is 0 Å². The van der Waals surface area contributed by atoms with Gasteiger partial charge in [0.25, 0.3) is 0 Å². The number of carboxylic acid groups (broad SMARTS) is 2. The Labute approximate surface area is 70.7 Å². The van der Waals surface area contributed by atoms with E-state index in [0.29, 0.717) is 0 Å². The van der Waals surface area contributed by atoms with Crippen LogP contribution in [0.5, 0.6) is 0 Å². The van der Waals surface area contributed by atoms with Gasteiger partial charge in [-0.15, -0.1) is 0 Å². The molecule has 72 valence electrons. The monoisotopic (exact) mass is 192 g/mol. The first kappa shape index (κ1) is 10.9. The van der Waals surface area contributed by atoms with Gasteiger partial charge in [0.1, 0.15) is 6.42 Å². The van der Waals surface area contributed by atoms with Crippen molar-refractivity contribution >= 4 is 24.2 Å². The molecule has 0 aliphatic carbocycles. The van der Waals surface area contributed by atoms with Crippen LogP contribution in [0.15, 0.2) is 0 Å². The molecule has 13 heavy (non-hydrogen) atoms. The van der Waals surface area contributed by atoms with Gasteiger partial charge in [-0.1, -0.05) is 0 Å². The molecule has 0 aliphatic heterocycles. The molecule has 0 aromatic heterocycles. The molecule has 0 bridgehead atoms. The Hall–Kier alpha value is -2.12. The van der Waals surface area contributed by atoms with Gasteiger partial charge in [0.05, 0.1) is 0 Å². The molecular weight excluding hydrogens is 188 g/mol. The molecule has 0 heterocycles. The summed E-state index contributed by atoms with van der Waals surface area (Å²) in [5.74, 6) is -2.91. The molecule has 2 N–H and O–H groups in total. The molecule has 0 aromatic rings. The van der Waals surface area contributed by atoms with Crippen molar-refractivity contribution in [3.8, 4) is 0 Å². The molecule has 0 radical (unpaired) electrons. The van der Waals surface area contributed by atoms with E-state index in [2.05, 4.69) is 9.47 Å². The number of carboxylic acids is 1. The van der Waals surface area contributed by atoms with Gasteiger partial charge >= 0.3 is 24.2 Å². The average molecular weight is 192 g/mol. The van der Waals surface area contributed by atoms with Crippen molar-refractivity contribution in [3.05, 3.63) is 0 Å². The lowest BCUT2D eigenvalue weighted by Gasteiger charge is -1.97. The minimum absolute atomic E-state index is 1.05. The summed E-state index contributed by atoms with van der Waals surface area (Å²) in [5.41, 5.74) is 0. The Bertz CT molecular complexity index is 227. The zero-order valence-electron chi connectivity index (χ0n) is 6.05. The lowest BCUT2D eigenvalue weighted by atomic mass is 10.4. The van der Waals surface area contributed by atoms with Crippen molar-refractivity contribution in [3.63, 3.8) is 0 Å². The minimum atomic E-state index is -1.95. The van der Waals surface area contributed by atoms with Gasteiger partial charge < -0.3 is 19.7 Å². The summed E-state index contributed by atoms with van der Waals surface area (Å²) in [6.45, 7) is 0. The number of ether oxygens (including phenoxy) is 2. The molecule has 0 amide bonds. The van der Waals surface area contributed by atoms with E-state index in [1.165, 1.54) is 0 Å². The number of hydrogen-bond acceptors (Lipinski definition) is 6. The summed E-state index contributed by atoms with van der Waals surface area (Å²) in [5, 5.41) is 15.8. The highest BCUT2D eigenvalue weighted by Gasteiger charge is 2.17. The molecular formula is C5H4O8. The molecule has 0 rings (SSSR count). The van der Waals surface area contributed by atoms with E-state index in [-0.39, 0.29) is 0 Å². The highest BCUT2D eigenvalue weighted by atomic mass is 16.8. The predicted octanol–water partition coefficient (Wildman–Crippen LogP) is -0.181. The van der Waals surface area contributed by atoms with Crippen LogP contribution in [-0.2, 0) is 19.1 Å². The Morgan fingerprint density at radius 3 is 1.92 bits per heavy atom. The van der Waals surface area contributed by atoms with Crippen LogP contribution >= 0.6 is 0 Å². The maximum absolute atomic E-state index is 10.3. The average Bonchev–Trinajstić information content (AvgIpc) is 1.80. The summed E-state index contributed by atoms with van der Waals surface area (Å²) < 4.78 is 6.95. The normalized spacial score (nSPS) is 8.62. The number of hydrogen-bond donors (Lipinski definition) is 2. The van der Waals surface area contributed by atoms with Gasteiger partial charge in [-0.05, 0) is 0 Å². The first-order chi connectivity index (χ1) is 5.91. The third-order valence-corrected chi connectivity index (χ3v) is 0.663. The SMILES string of the molecule is O=C(O)CC(=O)OC(=O)OC(=O)O. The van der Waals surface area contributed by atoms with Crippen LogP contribution in [0.4, 0.5) is 9.59 Å². The first-order valence-corrected chi connectivity index (χ1v) is 2.79. The second-order valence-electron chi connectivity index (χ2n) is 1.66. The van der Waals surface area contributed by atoms with Crippen molar-refractivity contribution < 1.29 is 38.9 Å². The standard InChI is InChI=1S/C5H4O8/c6-2(7)1-3(8)12-5(11)13-4(9)10/h1H2,(H,6,7)(H,9,10). The summed E-state index contributed by atoms with van der Waals surface area (Å²) in [6, 6.07) is 0. The number of aliphatic carboxylic acids is 1. The zero-order valence-corrected chi connectivity index (χ0v) is 6.05. The fourth-order valence-electron chi connectivity index (χ4n) is 0.345. The second-order valence-corrected chi connectivity index (χ2v) is 1.66. The quantitative estimate of drug-likeness (QED) is 0.455. The van der Waals surface area contributed by atoms with Gasteiger partial charge in [0.15, 0.2) is 0 Å². The number of carbonyl (C=O) groups is 4. The summed E-state index contributed by atoms with van der Waals surface area (Å²) in [6.07, 6.45) is -4.78. The van der Waals surface area contributed by atoms with Gasteiger partial charge in [0.2, 0.25) is 0 Å². The number of esters is 1. The maximum Gasteiger partial charge on any atom is 0.526 e. The van der Waals surface area contributed by atoms with E-state index >= 15 is 0 Å². The molecule has 0 saturated carbocycles. The van der Waals surface area contributed by atoms with Crippen LogP contribution in [0.3, 0.4) is 0 Å². The lowest BCUT2D eigenvalue weighted by molar-refractivity contribution is -0.148. The van der Waals surface area contributed by atoms with E-state index in [4.69, 9.17) is 10.2 Å². The van der Waals surface area contributed by atoms with Crippen LogP contribution in [0, 0.1) is 0 Å². The van der Waals surface area contributed by atoms with Crippen molar-refractivity contribution in [2.45, 2.75) is 6.42 Å². The third kappa shape index (κ3) is 6.28. The molecule has 0 spiro atoms. The van der Waals surface area contributed by atoms with Gasteiger partial charge in [-0.3, -0.25) is 9.59 Å². The molecule has 0 aromatic carbocycles. The zero-order chi connectivity index (χ0) is 10.4. The van der Waals surface area contributed by atoms with Crippen LogP contribution in [0.1, 0.15) is 6.42 Å². The third-order valence-electron chi connectivity index (χ3n) is 0.663. The minimum Gasteiger partial charge on any atom is -0.481 e. The molecule has 8 nitrogen and oxygen atoms in total. The molecule has 0 saturated heterocycles. The van der Waals surface area contributed by atoms with Crippen molar-refractivity contribution in [1.29, 1.82) is 0 Å². The molecule has 0 atom stereocenters. The first-order valence-electron chi connectivity index (χ1n) is 2.79. The predicted molar refractivity (Wildman–Crippen MR) is 32.9 cm³/mol. The van der Waals surface area contributed by atoms with E-state index < -0.39 is 30.7 Å².